The summed E-state index contributed by atoms with van der Waals surface area (Å²) in [5.74, 6) is 1.71. The first-order chi connectivity index (χ1) is 8.26. The van der Waals surface area contributed by atoms with Crippen LogP contribution in [0.25, 0.3) is 0 Å². The minimum Gasteiger partial charge on any atom is -0.357 e. The van der Waals surface area contributed by atoms with Crippen LogP contribution in [0.15, 0.2) is 10.7 Å². The molecule has 1 fully saturated rings. The first-order valence-electron chi connectivity index (χ1n) is 6.23. The maximum atomic E-state index is 4.57. The van der Waals surface area contributed by atoms with Gasteiger partial charge in [-0.25, -0.2) is 4.98 Å². The van der Waals surface area contributed by atoms with Crippen molar-refractivity contribution in [2.75, 3.05) is 23.8 Å². The van der Waals surface area contributed by atoms with Crippen LogP contribution in [0.2, 0.25) is 0 Å². The molecule has 1 aliphatic rings. The molecule has 0 saturated carbocycles. The van der Waals surface area contributed by atoms with Gasteiger partial charge in [0.05, 0.1) is 4.47 Å². The van der Waals surface area contributed by atoms with Gasteiger partial charge in [-0.05, 0) is 41.6 Å². The molecule has 17 heavy (non-hydrogen) atoms. The largest absolute Gasteiger partial charge is 0.357 e. The van der Waals surface area contributed by atoms with Crippen LogP contribution in [0.5, 0.6) is 0 Å². The molecule has 2 rings (SSSR count). The molecule has 1 N–H and O–H groups in total. The lowest BCUT2D eigenvalue weighted by Crippen LogP contribution is -2.40. The van der Waals surface area contributed by atoms with Crippen molar-refractivity contribution in [3.63, 3.8) is 0 Å². The van der Waals surface area contributed by atoms with Gasteiger partial charge in [0.25, 0.3) is 0 Å². The molecule has 0 aliphatic carbocycles. The molecule has 0 bridgehead atoms. The molecule has 0 aromatic carbocycles. The smallest absolute Gasteiger partial charge is 0.224 e. The molecule has 0 spiro atoms. The normalized spacial score (nSPS) is 20.4. The zero-order valence-corrected chi connectivity index (χ0v) is 12.0. The SMILES string of the molecule is CCC1CCCCN1c1nc(NC)ncc1Br. The minimum absolute atomic E-state index is 0.611. The fourth-order valence-electron chi connectivity index (χ4n) is 2.38. The van der Waals surface area contributed by atoms with E-state index in [4.69, 9.17) is 0 Å². The Morgan fingerprint density at radius 3 is 3.06 bits per heavy atom. The Bertz CT molecular complexity index is 383. The number of hydrogen-bond donors (Lipinski definition) is 1. The van der Waals surface area contributed by atoms with Gasteiger partial charge < -0.3 is 10.2 Å². The van der Waals surface area contributed by atoms with E-state index >= 15 is 0 Å². The lowest BCUT2D eigenvalue weighted by atomic mass is 10.0. The number of aromatic nitrogens is 2. The molecular formula is C12H19BrN4. The number of nitrogens with zero attached hydrogens (tertiary/aromatic N) is 3. The van der Waals surface area contributed by atoms with Gasteiger partial charge in [-0.1, -0.05) is 6.92 Å². The molecule has 0 radical (unpaired) electrons. The second-order valence-electron chi connectivity index (χ2n) is 4.37. The van der Waals surface area contributed by atoms with Crippen molar-refractivity contribution in [1.82, 2.24) is 9.97 Å². The van der Waals surface area contributed by atoms with E-state index in [-0.39, 0.29) is 0 Å². The van der Waals surface area contributed by atoms with E-state index in [0.717, 1.165) is 16.8 Å². The molecule has 1 aromatic heterocycles. The number of rotatable bonds is 3. The molecule has 4 nitrogen and oxygen atoms in total. The van der Waals surface area contributed by atoms with Crippen LogP contribution in [0.4, 0.5) is 11.8 Å². The maximum absolute atomic E-state index is 4.57. The summed E-state index contributed by atoms with van der Waals surface area (Å²) in [6, 6.07) is 0.611. The van der Waals surface area contributed by atoms with Crippen LogP contribution in [-0.2, 0) is 0 Å². The Hall–Kier alpha value is -0.840. The van der Waals surface area contributed by atoms with Crippen molar-refractivity contribution in [1.29, 1.82) is 0 Å². The number of piperidine rings is 1. The third kappa shape index (κ3) is 2.70. The van der Waals surface area contributed by atoms with Gasteiger partial charge in [-0.15, -0.1) is 0 Å². The minimum atomic E-state index is 0.611. The van der Waals surface area contributed by atoms with Crippen LogP contribution < -0.4 is 10.2 Å². The third-order valence-corrected chi connectivity index (χ3v) is 3.88. The van der Waals surface area contributed by atoms with Crippen LogP contribution in [0.1, 0.15) is 32.6 Å². The first-order valence-corrected chi connectivity index (χ1v) is 7.02. The topological polar surface area (TPSA) is 41.1 Å². The molecule has 94 valence electrons. The Kier molecular flexibility index (Phi) is 4.20. The Morgan fingerprint density at radius 2 is 2.35 bits per heavy atom. The molecule has 2 heterocycles. The van der Waals surface area contributed by atoms with E-state index in [1.807, 2.05) is 13.2 Å². The summed E-state index contributed by atoms with van der Waals surface area (Å²) in [5.41, 5.74) is 0. The first kappa shape index (κ1) is 12.6. The third-order valence-electron chi connectivity index (χ3n) is 3.32. The van der Waals surface area contributed by atoms with E-state index in [9.17, 15) is 0 Å². The summed E-state index contributed by atoms with van der Waals surface area (Å²) in [6.45, 7) is 3.34. The Balaban J connectivity index is 2.30. The van der Waals surface area contributed by atoms with Gasteiger partial charge in [-0.3, -0.25) is 0 Å². The van der Waals surface area contributed by atoms with Crippen LogP contribution in [0.3, 0.4) is 0 Å². The molecule has 1 unspecified atom stereocenters. The van der Waals surface area contributed by atoms with E-state index < -0.39 is 0 Å². The molecule has 1 aromatic rings. The van der Waals surface area contributed by atoms with Gasteiger partial charge in [0, 0.05) is 25.8 Å². The predicted molar refractivity (Wildman–Crippen MR) is 74.6 cm³/mol. The highest BCUT2D eigenvalue weighted by Gasteiger charge is 2.24. The zero-order chi connectivity index (χ0) is 12.3. The highest BCUT2D eigenvalue weighted by molar-refractivity contribution is 9.10. The zero-order valence-electron chi connectivity index (χ0n) is 10.4. The highest BCUT2D eigenvalue weighted by atomic mass is 79.9. The lowest BCUT2D eigenvalue weighted by Gasteiger charge is -2.36. The van der Waals surface area contributed by atoms with Crippen LogP contribution in [0, 0.1) is 0 Å². The van der Waals surface area contributed by atoms with Gasteiger partial charge in [0.2, 0.25) is 5.95 Å². The quantitative estimate of drug-likeness (QED) is 0.931. The van der Waals surface area contributed by atoms with Crippen LogP contribution in [-0.4, -0.2) is 29.6 Å². The van der Waals surface area contributed by atoms with Gasteiger partial charge in [0.1, 0.15) is 5.82 Å². The van der Waals surface area contributed by atoms with Crippen molar-refractivity contribution in [3.8, 4) is 0 Å². The van der Waals surface area contributed by atoms with E-state index in [1.54, 1.807) is 0 Å². The van der Waals surface area contributed by atoms with Crippen molar-refractivity contribution in [3.05, 3.63) is 10.7 Å². The second-order valence-corrected chi connectivity index (χ2v) is 5.22. The van der Waals surface area contributed by atoms with Crippen molar-refractivity contribution < 1.29 is 0 Å². The number of anilines is 2. The summed E-state index contributed by atoms with van der Waals surface area (Å²) in [6.07, 6.45) is 6.85. The molecule has 0 amide bonds. The van der Waals surface area contributed by atoms with E-state index in [2.05, 4.69) is 43.0 Å². The van der Waals surface area contributed by atoms with E-state index in [1.165, 1.54) is 25.7 Å². The summed E-state index contributed by atoms with van der Waals surface area (Å²) in [5, 5.41) is 3.00. The van der Waals surface area contributed by atoms with E-state index in [0.29, 0.717) is 12.0 Å². The summed E-state index contributed by atoms with van der Waals surface area (Å²) in [4.78, 5) is 11.2. The molecule has 5 heteroatoms. The summed E-state index contributed by atoms with van der Waals surface area (Å²) in [7, 11) is 1.85. The molecule has 1 saturated heterocycles. The number of halogens is 1. The standard InChI is InChI=1S/C12H19BrN4/c1-3-9-6-4-5-7-17(9)11-10(13)8-15-12(14-2)16-11/h8-9H,3-7H2,1-2H3,(H,14,15,16). The average molecular weight is 299 g/mol. The van der Waals surface area contributed by atoms with Gasteiger partial charge in [0.15, 0.2) is 0 Å². The van der Waals surface area contributed by atoms with Crippen molar-refractivity contribution >= 4 is 27.7 Å². The Morgan fingerprint density at radius 1 is 1.53 bits per heavy atom. The van der Waals surface area contributed by atoms with Gasteiger partial charge in [-0.2, -0.15) is 4.98 Å². The maximum Gasteiger partial charge on any atom is 0.224 e. The lowest BCUT2D eigenvalue weighted by molar-refractivity contribution is 0.446. The molecule has 1 aliphatic heterocycles. The number of hydrogen-bond acceptors (Lipinski definition) is 4. The van der Waals surface area contributed by atoms with Crippen molar-refractivity contribution in [2.45, 2.75) is 38.6 Å². The predicted octanol–water partition coefficient (Wildman–Crippen LogP) is 3.05. The summed E-state index contributed by atoms with van der Waals surface area (Å²) >= 11 is 3.56. The monoisotopic (exact) mass is 298 g/mol. The fourth-order valence-corrected chi connectivity index (χ4v) is 2.80. The second kappa shape index (κ2) is 5.67. The highest BCUT2D eigenvalue weighted by Crippen LogP contribution is 2.30. The Labute approximate surface area is 111 Å². The summed E-state index contributed by atoms with van der Waals surface area (Å²) < 4.78 is 0.983. The van der Waals surface area contributed by atoms with Crippen molar-refractivity contribution in [2.24, 2.45) is 0 Å². The molecule has 1 atom stereocenters. The average Bonchev–Trinajstić information content (AvgIpc) is 2.39. The van der Waals surface area contributed by atoms with Gasteiger partial charge >= 0.3 is 0 Å². The molecular weight excluding hydrogens is 280 g/mol. The number of nitrogens with one attached hydrogen (secondary N) is 1. The fraction of sp³-hybridized carbons (Fsp3) is 0.667. The van der Waals surface area contributed by atoms with Crippen LogP contribution >= 0.6 is 15.9 Å².